The van der Waals surface area contributed by atoms with Gasteiger partial charge in [-0.15, -0.1) is 0 Å². The lowest BCUT2D eigenvalue weighted by atomic mass is 10.0. The van der Waals surface area contributed by atoms with Crippen molar-refractivity contribution in [1.29, 1.82) is 0 Å². The van der Waals surface area contributed by atoms with Crippen molar-refractivity contribution >= 4 is 21.8 Å². The fourth-order valence-corrected chi connectivity index (χ4v) is 1.95. The van der Waals surface area contributed by atoms with Crippen molar-refractivity contribution in [2.24, 2.45) is 5.92 Å². The number of hydrogen-bond donors (Lipinski definition) is 0. The van der Waals surface area contributed by atoms with Crippen LogP contribution in [0.15, 0.2) is 16.5 Å². The van der Waals surface area contributed by atoms with Crippen LogP contribution < -0.4 is 0 Å². The van der Waals surface area contributed by atoms with E-state index in [-0.39, 0.29) is 5.91 Å². The third kappa shape index (κ3) is 1.71. The molecule has 0 aliphatic carbocycles. The summed E-state index contributed by atoms with van der Waals surface area (Å²) in [6, 6.07) is 3.55. The van der Waals surface area contributed by atoms with E-state index in [4.69, 9.17) is 4.42 Å². The molecule has 1 aliphatic heterocycles. The Balaban J connectivity index is 1.97. The minimum atomic E-state index is 0.00954. The van der Waals surface area contributed by atoms with Crippen LogP contribution >= 0.6 is 15.9 Å². The molecule has 1 aromatic heterocycles. The lowest BCUT2D eigenvalue weighted by molar-refractivity contribution is 0.0505. The first-order valence-corrected chi connectivity index (χ1v) is 5.74. The summed E-state index contributed by atoms with van der Waals surface area (Å²) in [6.45, 7) is 3.52. The van der Waals surface area contributed by atoms with Crippen LogP contribution in [0.3, 0.4) is 0 Å². The van der Waals surface area contributed by atoms with Crippen LogP contribution in [0.4, 0.5) is 0 Å². The number of carbonyl (C=O) groups is 1. The quantitative estimate of drug-likeness (QED) is 0.761. The largest absolute Gasteiger partial charge is 0.456 e. The van der Waals surface area contributed by atoms with Gasteiger partial charge in [-0.05, 0) is 19.1 Å². The number of furan rings is 1. The molecule has 76 valence electrons. The van der Waals surface area contributed by atoms with Gasteiger partial charge in [-0.3, -0.25) is 4.79 Å². The van der Waals surface area contributed by atoms with E-state index in [0.717, 1.165) is 24.2 Å². The molecule has 0 unspecified atom stereocenters. The van der Waals surface area contributed by atoms with Crippen LogP contribution in [0.5, 0.6) is 0 Å². The molecule has 3 nitrogen and oxygen atoms in total. The summed E-state index contributed by atoms with van der Waals surface area (Å²) in [5.41, 5.74) is 0. The first-order valence-electron chi connectivity index (χ1n) is 4.62. The van der Waals surface area contributed by atoms with Gasteiger partial charge in [-0.2, -0.15) is 0 Å². The van der Waals surface area contributed by atoms with Crippen molar-refractivity contribution in [2.45, 2.75) is 6.92 Å². The molecule has 0 N–H and O–H groups in total. The van der Waals surface area contributed by atoms with E-state index in [1.807, 2.05) is 17.9 Å². The van der Waals surface area contributed by atoms with E-state index >= 15 is 0 Å². The van der Waals surface area contributed by atoms with E-state index < -0.39 is 0 Å². The normalized spacial score (nSPS) is 16.9. The highest BCUT2D eigenvalue weighted by atomic mass is 79.9. The second-order valence-corrected chi connectivity index (χ2v) is 4.29. The summed E-state index contributed by atoms with van der Waals surface area (Å²) >= 11 is 3.40. The minimum Gasteiger partial charge on any atom is -0.456 e. The van der Waals surface area contributed by atoms with Gasteiger partial charge in [-0.1, -0.05) is 15.9 Å². The molecule has 1 aromatic rings. The number of halogens is 1. The van der Waals surface area contributed by atoms with Gasteiger partial charge >= 0.3 is 0 Å². The van der Waals surface area contributed by atoms with Gasteiger partial charge in [0.2, 0.25) is 0 Å². The first kappa shape index (κ1) is 9.77. The predicted octanol–water partition coefficient (Wildman–Crippen LogP) is 2.05. The Kier molecular flexibility index (Phi) is 2.63. The molecule has 4 heteroatoms. The fraction of sp³-hybridized carbons (Fsp3) is 0.500. The predicted molar refractivity (Wildman–Crippen MR) is 56.6 cm³/mol. The molecule has 14 heavy (non-hydrogen) atoms. The first-order chi connectivity index (χ1) is 6.70. The Hall–Kier alpha value is -0.770. The monoisotopic (exact) mass is 257 g/mol. The van der Waals surface area contributed by atoms with Crippen molar-refractivity contribution in [3.63, 3.8) is 0 Å². The molecule has 0 radical (unpaired) electrons. The maximum atomic E-state index is 11.7. The molecule has 0 saturated carbocycles. The van der Waals surface area contributed by atoms with Crippen molar-refractivity contribution in [2.75, 3.05) is 18.4 Å². The number of amides is 1. The number of likely N-dealkylation sites (tertiary alicyclic amines) is 1. The van der Waals surface area contributed by atoms with Crippen molar-refractivity contribution in [1.82, 2.24) is 4.90 Å². The number of nitrogens with zero attached hydrogens (tertiary/aromatic N) is 1. The van der Waals surface area contributed by atoms with Gasteiger partial charge < -0.3 is 9.32 Å². The molecule has 1 aliphatic rings. The maximum absolute atomic E-state index is 11.7. The van der Waals surface area contributed by atoms with Crippen LogP contribution in [0.1, 0.15) is 16.3 Å². The van der Waals surface area contributed by atoms with E-state index in [1.165, 1.54) is 0 Å². The number of aryl methyl sites for hydroxylation is 1. The summed E-state index contributed by atoms with van der Waals surface area (Å²) in [7, 11) is 0. The SMILES string of the molecule is Cc1ccc(C(=O)N2CC(CBr)C2)o1. The zero-order valence-corrected chi connectivity index (χ0v) is 9.58. The van der Waals surface area contributed by atoms with Gasteiger partial charge in [0.1, 0.15) is 5.76 Å². The highest BCUT2D eigenvalue weighted by Gasteiger charge is 2.31. The van der Waals surface area contributed by atoms with Gasteiger partial charge in [-0.25, -0.2) is 0 Å². The Morgan fingerprint density at radius 3 is 2.86 bits per heavy atom. The molecule has 2 heterocycles. The van der Waals surface area contributed by atoms with Crippen LogP contribution in [0.2, 0.25) is 0 Å². The molecule has 1 amide bonds. The molecule has 0 aromatic carbocycles. The second kappa shape index (κ2) is 3.77. The molecule has 1 saturated heterocycles. The van der Waals surface area contributed by atoms with Gasteiger partial charge in [0.15, 0.2) is 5.76 Å². The summed E-state index contributed by atoms with van der Waals surface area (Å²) in [4.78, 5) is 13.5. The fourth-order valence-electron chi connectivity index (χ4n) is 1.54. The van der Waals surface area contributed by atoms with Gasteiger partial charge in [0.05, 0.1) is 0 Å². The standard InChI is InChI=1S/C10H12BrNO2/c1-7-2-3-9(14-7)10(13)12-5-8(4-11)6-12/h2-3,8H,4-6H2,1H3. The average molecular weight is 258 g/mol. The van der Waals surface area contributed by atoms with E-state index in [0.29, 0.717) is 11.7 Å². The molecule has 1 fully saturated rings. The zero-order chi connectivity index (χ0) is 10.1. The van der Waals surface area contributed by atoms with Gasteiger partial charge in [0.25, 0.3) is 5.91 Å². The zero-order valence-electron chi connectivity index (χ0n) is 8.00. The van der Waals surface area contributed by atoms with Crippen molar-refractivity contribution < 1.29 is 9.21 Å². The van der Waals surface area contributed by atoms with E-state index in [1.54, 1.807) is 6.07 Å². The lowest BCUT2D eigenvalue weighted by Crippen LogP contribution is -2.50. The summed E-state index contributed by atoms with van der Waals surface area (Å²) in [6.07, 6.45) is 0. The lowest BCUT2D eigenvalue weighted by Gasteiger charge is -2.37. The second-order valence-electron chi connectivity index (χ2n) is 3.64. The topological polar surface area (TPSA) is 33.5 Å². The number of rotatable bonds is 2. The molecule has 0 atom stereocenters. The molecule has 0 bridgehead atoms. The molecular formula is C10H12BrNO2. The summed E-state index contributed by atoms with van der Waals surface area (Å²) in [5, 5.41) is 0.966. The van der Waals surface area contributed by atoms with Crippen LogP contribution in [0.25, 0.3) is 0 Å². The average Bonchev–Trinajstić information content (AvgIpc) is 2.49. The molecule has 2 rings (SSSR count). The van der Waals surface area contributed by atoms with Gasteiger partial charge in [0, 0.05) is 24.3 Å². The maximum Gasteiger partial charge on any atom is 0.289 e. The Bertz CT molecular complexity index is 342. The molecule has 0 spiro atoms. The summed E-state index contributed by atoms with van der Waals surface area (Å²) < 4.78 is 5.27. The van der Waals surface area contributed by atoms with E-state index in [9.17, 15) is 4.79 Å². The number of carbonyl (C=O) groups excluding carboxylic acids is 1. The Morgan fingerprint density at radius 2 is 2.36 bits per heavy atom. The van der Waals surface area contributed by atoms with Crippen molar-refractivity contribution in [3.05, 3.63) is 23.7 Å². The molecular weight excluding hydrogens is 246 g/mol. The summed E-state index contributed by atoms with van der Waals surface area (Å²) in [5.74, 6) is 1.85. The third-order valence-corrected chi connectivity index (χ3v) is 3.33. The Morgan fingerprint density at radius 1 is 1.64 bits per heavy atom. The van der Waals surface area contributed by atoms with Crippen molar-refractivity contribution in [3.8, 4) is 0 Å². The highest BCUT2D eigenvalue weighted by Crippen LogP contribution is 2.20. The minimum absolute atomic E-state index is 0.00954. The van der Waals surface area contributed by atoms with Crippen LogP contribution in [0, 0.1) is 12.8 Å². The number of alkyl halides is 1. The van der Waals surface area contributed by atoms with Crippen LogP contribution in [-0.2, 0) is 0 Å². The third-order valence-electron chi connectivity index (χ3n) is 2.41. The Labute approximate surface area is 91.2 Å². The highest BCUT2D eigenvalue weighted by molar-refractivity contribution is 9.09. The van der Waals surface area contributed by atoms with E-state index in [2.05, 4.69) is 15.9 Å². The van der Waals surface area contributed by atoms with Crippen LogP contribution in [-0.4, -0.2) is 29.2 Å². The number of hydrogen-bond acceptors (Lipinski definition) is 2. The smallest absolute Gasteiger partial charge is 0.289 e.